The zero-order valence-corrected chi connectivity index (χ0v) is 12.0. The van der Waals surface area contributed by atoms with Crippen molar-refractivity contribution < 1.29 is 4.79 Å². The summed E-state index contributed by atoms with van der Waals surface area (Å²) in [4.78, 5) is 15.9. The van der Waals surface area contributed by atoms with E-state index in [-0.39, 0.29) is 5.91 Å². The number of tetrazole rings is 1. The molecule has 2 rings (SSSR count). The van der Waals surface area contributed by atoms with Crippen LogP contribution in [0, 0.1) is 20.8 Å². The summed E-state index contributed by atoms with van der Waals surface area (Å²) in [6, 6.07) is 0. The van der Waals surface area contributed by atoms with Crippen LogP contribution in [0.15, 0.2) is 6.33 Å². The van der Waals surface area contributed by atoms with Crippen LogP contribution in [0.1, 0.15) is 23.6 Å². The Morgan fingerprint density at radius 1 is 1.30 bits per heavy atom. The van der Waals surface area contributed by atoms with Crippen molar-refractivity contribution in [3.05, 3.63) is 23.5 Å². The molecular formula is C12H19N7O. The highest BCUT2D eigenvalue weighted by Gasteiger charge is 2.06. The van der Waals surface area contributed by atoms with Crippen molar-refractivity contribution in [1.82, 2.24) is 35.1 Å². The zero-order valence-electron chi connectivity index (χ0n) is 12.0. The number of carbonyl (C=O) groups is 1. The molecule has 8 heteroatoms. The number of carbonyl (C=O) groups excluding carboxylic acids is 1. The van der Waals surface area contributed by atoms with E-state index in [0.29, 0.717) is 25.3 Å². The average molecular weight is 277 g/mol. The first-order valence-electron chi connectivity index (χ1n) is 6.55. The normalized spacial score (nSPS) is 10.8. The van der Waals surface area contributed by atoms with Gasteiger partial charge in [-0.1, -0.05) is 0 Å². The molecule has 20 heavy (non-hydrogen) atoms. The first kappa shape index (κ1) is 14.2. The van der Waals surface area contributed by atoms with Crippen molar-refractivity contribution >= 4 is 5.91 Å². The molecule has 108 valence electrons. The third kappa shape index (κ3) is 3.40. The summed E-state index contributed by atoms with van der Waals surface area (Å²) >= 11 is 0. The van der Waals surface area contributed by atoms with Gasteiger partial charge in [0.25, 0.3) is 0 Å². The molecule has 0 fully saturated rings. The number of rotatable bonds is 6. The number of aryl methyl sites for hydroxylation is 3. The van der Waals surface area contributed by atoms with Crippen LogP contribution in [0.25, 0.3) is 0 Å². The summed E-state index contributed by atoms with van der Waals surface area (Å²) < 4.78 is 3.64. The minimum Gasteiger partial charge on any atom is -0.354 e. The van der Waals surface area contributed by atoms with Crippen molar-refractivity contribution in [2.45, 2.75) is 40.3 Å². The monoisotopic (exact) mass is 277 g/mol. The first-order valence-corrected chi connectivity index (χ1v) is 6.55. The fourth-order valence-electron chi connectivity index (χ4n) is 1.84. The highest BCUT2D eigenvalue weighted by atomic mass is 16.1. The van der Waals surface area contributed by atoms with Gasteiger partial charge in [-0.25, -0.2) is 9.67 Å². The summed E-state index contributed by atoms with van der Waals surface area (Å²) in [5.74, 6) is 0.705. The minimum absolute atomic E-state index is 0.00519. The molecule has 0 saturated carbocycles. The van der Waals surface area contributed by atoms with Gasteiger partial charge in [-0.15, -0.1) is 5.10 Å². The number of imidazole rings is 1. The topological polar surface area (TPSA) is 90.5 Å². The van der Waals surface area contributed by atoms with Gasteiger partial charge in [-0.2, -0.15) is 0 Å². The van der Waals surface area contributed by atoms with Crippen LogP contribution in [0.3, 0.4) is 0 Å². The second-order valence-electron chi connectivity index (χ2n) is 4.66. The molecule has 0 unspecified atom stereocenters. The van der Waals surface area contributed by atoms with E-state index in [1.807, 2.05) is 25.3 Å². The highest BCUT2D eigenvalue weighted by Crippen LogP contribution is 2.03. The smallest absolute Gasteiger partial charge is 0.221 e. The van der Waals surface area contributed by atoms with Gasteiger partial charge >= 0.3 is 0 Å². The Balaban J connectivity index is 1.70. The number of hydrogen-bond donors (Lipinski definition) is 1. The Kier molecular flexibility index (Phi) is 4.44. The van der Waals surface area contributed by atoms with Crippen molar-refractivity contribution in [2.24, 2.45) is 0 Å². The van der Waals surface area contributed by atoms with E-state index in [1.54, 1.807) is 11.0 Å². The van der Waals surface area contributed by atoms with Gasteiger partial charge in [0.1, 0.15) is 5.82 Å². The minimum atomic E-state index is -0.00519. The Bertz CT molecular complexity index is 586. The van der Waals surface area contributed by atoms with Crippen LogP contribution in [-0.4, -0.2) is 42.2 Å². The number of nitrogens with zero attached hydrogens (tertiary/aromatic N) is 6. The second-order valence-corrected chi connectivity index (χ2v) is 4.66. The van der Waals surface area contributed by atoms with Gasteiger partial charge in [0.05, 0.1) is 18.6 Å². The molecule has 0 saturated heterocycles. The van der Waals surface area contributed by atoms with Gasteiger partial charge < -0.3 is 9.88 Å². The average Bonchev–Trinajstić information content (AvgIpc) is 2.97. The number of aromatic nitrogens is 6. The van der Waals surface area contributed by atoms with Gasteiger partial charge in [-0.3, -0.25) is 4.79 Å². The molecule has 0 aromatic carbocycles. The lowest BCUT2D eigenvalue weighted by atomic mass is 10.3. The van der Waals surface area contributed by atoms with E-state index in [4.69, 9.17) is 0 Å². The van der Waals surface area contributed by atoms with Crippen molar-refractivity contribution in [1.29, 1.82) is 0 Å². The maximum absolute atomic E-state index is 11.7. The van der Waals surface area contributed by atoms with E-state index in [1.165, 1.54) is 0 Å². The van der Waals surface area contributed by atoms with E-state index in [0.717, 1.165) is 17.9 Å². The SMILES string of the molecule is Cc1ncn(CCNC(=O)CCn2nnnc2C)c1C. The molecule has 0 spiro atoms. The molecule has 1 N–H and O–H groups in total. The summed E-state index contributed by atoms with van der Waals surface area (Å²) in [5.41, 5.74) is 2.15. The molecule has 0 aliphatic heterocycles. The molecule has 8 nitrogen and oxygen atoms in total. The molecule has 2 aromatic rings. The maximum atomic E-state index is 11.7. The Morgan fingerprint density at radius 3 is 2.70 bits per heavy atom. The fourth-order valence-corrected chi connectivity index (χ4v) is 1.84. The van der Waals surface area contributed by atoms with E-state index in [9.17, 15) is 4.79 Å². The third-order valence-corrected chi connectivity index (χ3v) is 3.28. The van der Waals surface area contributed by atoms with Gasteiger partial charge in [0.15, 0.2) is 0 Å². The van der Waals surface area contributed by atoms with Gasteiger partial charge in [0.2, 0.25) is 5.91 Å². The van der Waals surface area contributed by atoms with E-state index < -0.39 is 0 Å². The fraction of sp³-hybridized carbons (Fsp3) is 0.583. The number of amides is 1. The van der Waals surface area contributed by atoms with E-state index in [2.05, 4.69) is 25.8 Å². The molecule has 1 amide bonds. The first-order chi connectivity index (χ1) is 9.58. The van der Waals surface area contributed by atoms with Crippen LogP contribution >= 0.6 is 0 Å². The number of nitrogens with one attached hydrogen (secondary N) is 1. The van der Waals surface area contributed by atoms with Crippen LogP contribution in [-0.2, 0) is 17.9 Å². The van der Waals surface area contributed by atoms with E-state index >= 15 is 0 Å². The van der Waals surface area contributed by atoms with Crippen LogP contribution in [0.5, 0.6) is 0 Å². The molecule has 0 atom stereocenters. The maximum Gasteiger partial charge on any atom is 0.221 e. The molecule has 0 aliphatic rings. The van der Waals surface area contributed by atoms with Gasteiger partial charge in [0, 0.05) is 25.2 Å². The van der Waals surface area contributed by atoms with Crippen LogP contribution in [0.2, 0.25) is 0 Å². The highest BCUT2D eigenvalue weighted by molar-refractivity contribution is 5.75. The predicted octanol–water partition coefficient (Wildman–Crippen LogP) is 0.00136. The Morgan fingerprint density at radius 2 is 2.10 bits per heavy atom. The largest absolute Gasteiger partial charge is 0.354 e. The van der Waals surface area contributed by atoms with Gasteiger partial charge in [-0.05, 0) is 31.2 Å². The zero-order chi connectivity index (χ0) is 14.5. The van der Waals surface area contributed by atoms with Crippen molar-refractivity contribution in [3.8, 4) is 0 Å². The molecule has 0 radical (unpaired) electrons. The van der Waals surface area contributed by atoms with Crippen molar-refractivity contribution in [2.75, 3.05) is 6.54 Å². The molecule has 2 aromatic heterocycles. The van der Waals surface area contributed by atoms with Crippen LogP contribution in [0.4, 0.5) is 0 Å². The summed E-state index contributed by atoms with van der Waals surface area (Å²) in [6.07, 6.45) is 2.16. The molecule has 2 heterocycles. The molecule has 0 bridgehead atoms. The molecule has 0 aliphatic carbocycles. The lowest BCUT2D eigenvalue weighted by molar-refractivity contribution is -0.121. The lowest BCUT2D eigenvalue weighted by Crippen LogP contribution is -2.28. The third-order valence-electron chi connectivity index (χ3n) is 3.28. The predicted molar refractivity (Wildman–Crippen MR) is 71.9 cm³/mol. The lowest BCUT2D eigenvalue weighted by Gasteiger charge is -2.07. The molecular weight excluding hydrogens is 258 g/mol. The summed E-state index contributed by atoms with van der Waals surface area (Å²) in [5, 5.41) is 14.0. The number of hydrogen-bond acceptors (Lipinski definition) is 5. The Hall–Kier alpha value is -2.25. The van der Waals surface area contributed by atoms with Crippen molar-refractivity contribution in [3.63, 3.8) is 0 Å². The second kappa shape index (κ2) is 6.27. The van der Waals surface area contributed by atoms with Crippen LogP contribution < -0.4 is 5.32 Å². The summed E-state index contributed by atoms with van der Waals surface area (Å²) in [7, 11) is 0. The quantitative estimate of drug-likeness (QED) is 0.802. The Labute approximate surface area is 117 Å². The summed E-state index contributed by atoms with van der Waals surface area (Å²) in [6.45, 7) is 7.60. The standard InChI is InChI=1S/C12H19N7O/c1-9-10(2)18(8-14-9)7-5-13-12(20)4-6-19-11(3)15-16-17-19/h8H,4-7H2,1-3H3,(H,13,20).